The zero-order valence-electron chi connectivity index (χ0n) is 19.8. The van der Waals surface area contributed by atoms with Crippen molar-refractivity contribution in [3.8, 4) is 5.75 Å². The van der Waals surface area contributed by atoms with E-state index in [-0.39, 0.29) is 25.4 Å². The first-order valence-electron chi connectivity index (χ1n) is 11.7. The molecule has 2 amide bonds. The summed E-state index contributed by atoms with van der Waals surface area (Å²) in [6, 6.07) is 13.6. The van der Waals surface area contributed by atoms with Gasteiger partial charge in [-0.25, -0.2) is 5.48 Å². The van der Waals surface area contributed by atoms with Crippen LogP contribution in [0.25, 0.3) is 10.8 Å². The van der Waals surface area contributed by atoms with Crippen LogP contribution in [0.1, 0.15) is 39.0 Å². The number of rotatable bonds is 12. The second-order valence-corrected chi connectivity index (χ2v) is 8.20. The average Bonchev–Trinajstić information content (AvgIpc) is 2.87. The van der Waals surface area contributed by atoms with Crippen LogP contribution in [-0.2, 0) is 14.3 Å². The van der Waals surface area contributed by atoms with E-state index in [0.29, 0.717) is 42.9 Å². The zero-order valence-corrected chi connectivity index (χ0v) is 19.8. The second kappa shape index (κ2) is 12.9. The monoisotopic (exact) mass is 480 g/mol. The minimum atomic E-state index is -1.36. The lowest BCUT2D eigenvalue weighted by Crippen LogP contribution is -2.33. The van der Waals surface area contributed by atoms with E-state index in [4.69, 9.17) is 14.7 Å². The molecule has 0 aliphatic heterocycles. The molecule has 0 heterocycles. The molecule has 3 rings (SSSR count). The summed E-state index contributed by atoms with van der Waals surface area (Å²) in [5.74, 6) is -1.43. The molecule has 8 heteroatoms. The van der Waals surface area contributed by atoms with Crippen molar-refractivity contribution in [3.05, 3.63) is 78.0 Å². The number of fused-ring (bicyclic) bond motifs is 1. The molecule has 8 nitrogen and oxygen atoms in total. The van der Waals surface area contributed by atoms with Gasteiger partial charge in [-0.05, 0) is 49.8 Å². The number of carbonyl (C=O) groups excluding carboxylic acids is 2. The Balaban J connectivity index is 1.68. The first-order chi connectivity index (χ1) is 16.9. The number of hydroxylamine groups is 1. The summed E-state index contributed by atoms with van der Waals surface area (Å²) in [5.41, 5.74) is 2.63. The third-order valence-electron chi connectivity index (χ3n) is 5.59. The molecule has 0 fully saturated rings. The molecule has 1 aliphatic rings. The van der Waals surface area contributed by atoms with E-state index < -0.39 is 11.7 Å². The van der Waals surface area contributed by atoms with Gasteiger partial charge in [0.15, 0.2) is 5.79 Å². The van der Waals surface area contributed by atoms with Crippen LogP contribution in [0, 0.1) is 0 Å². The average molecular weight is 481 g/mol. The highest BCUT2D eigenvalue weighted by Gasteiger charge is 2.25. The van der Waals surface area contributed by atoms with Crippen LogP contribution in [0.5, 0.6) is 5.75 Å². The molecular formula is C27H32N2O6. The molecule has 1 unspecified atom stereocenters. The first kappa shape index (κ1) is 26.2. The molecule has 0 spiro atoms. The van der Waals surface area contributed by atoms with E-state index in [1.807, 2.05) is 42.5 Å². The van der Waals surface area contributed by atoms with Crippen molar-refractivity contribution in [2.24, 2.45) is 0 Å². The normalized spacial score (nSPS) is 17.7. The molecule has 0 saturated carbocycles. The molecule has 0 radical (unpaired) electrons. The number of nitrogens with one attached hydrogen (secondary N) is 2. The van der Waals surface area contributed by atoms with Gasteiger partial charge in [-0.1, -0.05) is 48.6 Å². The SMILES string of the molecule is CCOC1(O)C=CC(NC(=O)C(=CCCCCC(=O)NO)COc2cccc3ccccc23)=CC1. The summed E-state index contributed by atoms with van der Waals surface area (Å²) in [7, 11) is 0. The van der Waals surface area contributed by atoms with E-state index in [2.05, 4.69) is 5.32 Å². The predicted molar refractivity (Wildman–Crippen MR) is 132 cm³/mol. The Morgan fingerprint density at radius 1 is 1.14 bits per heavy atom. The summed E-state index contributed by atoms with van der Waals surface area (Å²) in [6.07, 6.45) is 8.91. The highest BCUT2D eigenvalue weighted by atomic mass is 16.6. The fourth-order valence-corrected chi connectivity index (χ4v) is 3.73. The minimum absolute atomic E-state index is 0.0663. The summed E-state index contributed by atoms with van der Waals surface area (Å²) in [6.45, 7) is 2.24. The number of hydrogen-bond acceptors (Lipinski definition) is 6. The first-order valence-corrected chi connectivity index (χ1v) is 11.7. The fraction of sp³-hybridized carbons (Fsp3) is 0.333. The molecule has 2 aromatic rings. The predicted octanol–water partition coefficient (Wildman–Crippen LogP) is 3.90. The van der Waals surface area contributed by atoms with Crippen molar-refractivity contribution < 1.29 is 29.4 Å². The lowest BCUT2D eigenvalue weighted by Gasteiger charge is -2.26. The molecule has 186 valence electrons. The Morgan fingerprint density at radius 3 is 2.69 bits per heavy atom. The van der Waals surface area contributed by atoms with Crippen LogP contribution in [-0.4, -0.2) is 41.1 Å². The largest absolute Gasteiger partial charge is 0.488 e. The highest BCUT2D eigenvalue weighted by molar-refractivity contribution is 5.95. The van der Waals surface area contributed by atoms with Gasteiger partial charge in [0.05, 0.1) is 5.57 Å². The molecule has 4 N–H and O–H groups in total. The van der Waals surface area contributed by atoms with Crippen LogP contribution in [0.15, 0.2) is 78.0 Å². The van der Waals surface area contributed by atoms with Gasteiger partial charge in [-0.15, -0.1) is 0 Å². The van der Waals surface area contributed by atoms with E-state index in [1.54, 1.807) is 30.6 Å². The van der Waals surface area contributed by atoms with Crippen molar-refractivity contribution in [1.29, 1.82) is 0 Å². The van der Waals surface area contributed by atoms with Crippen LogP contribution < -0.4 is 15.5 Å². The van der Waals surface area contributed by atoms with Gasteiger partial charge in [-0.3, -0.25) is 14.8 Å². The molecule has 35 heavy (non-hydrogen) atoms. The van der Waals surface area contributed by atoms with Gasteiger partial charge >= 0.3 is 0 Å². The van der Waals surface area contributed by atoms with Gasteiger partial charge in [0, 0.05) is 30.5 Å². The smallest absolute Gasteiger partial charge is 0.254 e. The van der Waals surface area contributed by atoms with E-state index >= 15 is 0 Å². The standard InChI is InChI=1S/C27H32N2O6/c1-2-35-27(32)17-15-22(16-18-27)28-26(31)21(10-4-3-5-14-25(30)29-33)19-34-24-13-8-11-20-9-6-7-12-23(20)24/h6-13,15-17,32-33H,2-5,14,18-19H2,1H3,(H,28,31)(H,29,30). The molecule has 0 bridgehead atoms. The number of aliphatic hydroxyl groups is 1. The van der Waals surface area contributed by atoms with Gasteiger partial charge in [0.25, 0.3) is 5.91 Å². The summed E-state index contributed by atoms with van der Waals surface area (Å²) >= 11 is 0. The summed E-state index contributed by atoms with van der Waals surface area (Å²) < 4.78 is 11.4. The third-order valence-corrected chi connectivity index (χ3v) is 5.59. The van der Waals surface area contributed by atoms with Crippen molar-refractivity contribution >= 4 is 22.6 Å². The number of benzene rings is 2. The fourth-order valence-electron chi connectivity index (χ4n) is 3.73. The zero-order chi connectivity index (χ0) is 25.1. The van der Waals surface area contributed by atoms with Crippen LogP contribution in [0.4, 0.5) is 0 Å². The molecule has 0 aromatic heterocycles. The molecule has 2 aromatic carbocycles. The number of amides is 2. The van der Waals surface area contributed by atoms with Gasteiger partial charge in [0.2, 0.25) is 5.91 Å². The number of carbonyl (C=O) groups is 2. The topological polar surface area (TPSA) is 117 Å². The molecule has 0 saturated heterocycles. The van der Waals surface area contributed by atoms with Crippen LogP contribution in [0.3, 0.4) is 0 Å². The Kier molecular flexibility index (Phi) is 9.60. The number of hydrogen-bond donors (Lipinski definition) is 4. The van der Waals surface area contributed by atoms with E-state index in [1.165, 1.54) is 6.08 Å². The van der Waals surface area contributed by atoms with Crippen LogP contribution >= 0.6 is 0 Å². The van der Waals surface area contributed by atoms with Crippen molar-refractivity contribution in [2.45, 2.75) is 44.8 Å². The van der Waals surface area contributed by atoms with E-state index in [0.717, 1.165) is 10.8 Å². The lowest BCUT2D eigenvalue weighted by molar-refractivity contribution is -0.161. The Morgan fingerprint density at radius 2 is 1.94 bits per heavy atom. The van der Waals surface area contributed by atoms with Crippen molar-refractivity contribution in [3.63, 3.8) is 0 Å². The van der Waals surface area contributed by atoms with Gasteiger partial charge in [-0.2, -0.15) is 0 Å². The summed E-state index contributed by atoms with van der Waals surface area (Å²) in [4.78, 5) is 24.3. The third kappa shape index (κ3) is 7.78. The molecular weight excluding hydrogens is 448 g/mol. The number of unbranched alkanes of at least 4 members (excludes halogenated alkanes) is 2. The second-order valence-electron chi connectivity index (χ2n) is 8.20. The number of ether oxygens (including phenoxy) is 2. The van der Waals surface area contributed by atoms with Crippen LogP contribution in [0.2, 0.25) is 0 Å². The minimum Gasteiger partial charge on any atom is -0.488 e. The quantitative estimate of drug-likeness (QED) is 0.120. The number of allylic oxidation sites excluding steroid dienone is 2. The molecule has 1 atom stereocenters. The Bertz CT molecular complexity index is 1120. The maximum absolute atomic E-state index is 13.1. The van der Waals surface area contributed by atoms with Gasteiger partial charge in [0.1, 0.15) is 12.4 Å². The lowest BCUT2D eigenvalue weighted by atomic mass is 10.1. The Hall–Kier alpha value is -3.46. The molecule has 1 aliphatic carbocycles. The van der Waals surface area contributed by atoms with E-state index in [9.17, 15) is 14.7 Å². The summed E-state index contributed by atoms with van der Waals surface area (Å²) in [5, 5.41) is 23.8. The van der Waals surface area contributed by atoms with Crippen molar-refractivity contribution in [2.75, 3.05) is 13.2 Å². The van der Waals surface area contributed by atoms with Gasteiger partial charge < -0.3 is 19.9 Å². The highest BCUT2D eigenvalue weighted by Crippen LogP contribution is 2.26. The maximum Gasteiger partial charge on any atom is 0.254 e. The van der Waals surface area contributed by atoms with Crippen molar-refractivity contribution in [1.82, 2.24) is 10.8 Å². The Labute approximate surface area is 204 Å². The maximum atomic E-state index is 13.1.